The van der Waals surface area contributed by atoms with Gasteiger partial charge in [-0.15, -0.1) is 0 Å². The number of hydrogen-bond acceptors (Lipinski definition) is 6. The lowest BCUT2D eigenvalue weighted by atomic mass is 9.94. The molecule has 39 heavy (non-hydrogen) atoms. The summed E-state index contributed by atoms with van der Waals surface area (Å²) >= 11 is 0. The topological polar surface area (TPSA) is 125 Å². The molecule has 0 aromatic heterocycles. The smallest absolute Gasteiger partial charge is 0.429 e. The Morgan fingerprint density at radius 2 is 1.62 bits per heavy atom. The molecule has 0 saturated carbocycles. The maximum Gasteiger partial charge on any atom is 0.429 e. The Balaban J connectivity index is 1.71. The second-order valence-corrected chi connectivity index (χ2v) is 9.54. The van der Waals surface area contributed by atoms with E-state index < -0.39 is 35.8 Å². The Labute approximate surface area is 228 Å². The summed E-state index contributed by atoms with van der Waals surface area (Å²) in [6.45, 7) is 2.31. The van der Waals surface area contributed by atoms with Crippen molar-refractivity contribution in [2.45, 2.75) is 71.1 Å². The van der Waals surface area contributed by atoms with Crippen LogP contribution >= 0.6 is 0 Å². The zero-order valence-electron chi connectivity index (χ0n) is 22.3. The van der Waals surface area contributed by atoms with Gasteiger partial charge in [0.25, 0.3) is 0 Å². The van der Waals surface area contributed by atoms with Gasteiger partial charge in [-0.25, -0.2) is 25.1 Å². The van der Waals surface area contributed by atoms with Gasteiger partial charge in [0.15, 0.2) is 6.04 Å². The van der Waals surface area contributed by atoms with E-state index >= 15 is 0 Å². The number of benzene rings is 2. The standard InChI is InChI=1S/C29H37N3O7/c1-2-3-6-16-24(19-26(33)30-39-21-23-14-9-5-10-15-23)27(34)32-25(28(35)36)17-11-18-31(32)29(37)38-20-22-12-7-4-8-13-22/h4-5,7-10,12-15,24-25H,2-3,6,11,16-21H2,1H3,(H,30,33)(H,35,36)/t24-,25+/m0/s1. The summed E-state index contributed by atoms with van der Waals surface area (Å²) in [5, 5.41) is 12.0. The van der Waals surface area contributed by atoms with E-state index in [1.807, 2.05) is 55.5 Å². The van der Waals surface area contributed by atoms with Gasteiger partial charge >= 0.3 is 12.1 Å². The minimum atomic E-state index is -1.23. The second-order valence-electron chi connectivity index (χ2n) is 9.54. The van der Waals surface area contributed by atoms with Gasteiger partial charge in [0.1, 0.15) is 6.61 Å². The number of nitrogens with one attached hydrogen (secondary N) is 1. The first-order valence-corrected chi connectivity index (χ1v) is 13.4. The SMILES string of the molecule is CCCCC[C@@H](CC(=O)NOCc1ccccc1)C(=O)N1[C@@H](C(=O)O)CCCN1C(=O)OCc1ccccc1. The van der Waals surface area contributed by atoms with Gasteiger partial charge in [0.2, 0.25) is 11.8 Å². The fourth-order valence-electron chi connectivity index (χ4n) is 4.49. The lowest BCUT2D eigenvalue weighted by Crippen LogP contribution is -2.61. The molecule has 1 aliphatic heterocycles. The molecule has 2 N–H and O–H groups in total. The number of unbranched alkanes of at least 4 members (excludes halogenated alkanes) is 2. The van der Waals surface area contributed by atoms with Gasteiger partial charge in [-0.2, -0.15) is 0 Å². The molecule has 0 unspecified atom stereocenters. The minimum absolute atomic E-state index is 0.0168. The predicted molar refractivity (Wildman–Crippen MR) is 142 cm³/mol. The molecule has 0 bridgehead atoms. The first-order chi connectivity index (χ1) is 18.9. The molecule has 2 atom stereocenters. The molecular formula is C29H37N3O7. The summed E-state index contributed by atoms with van der Waals surface area (Å²) in [4.78, 5) is 57.0. The van der Waals surface area contributed by atoms with E-state index in [4.69, 9.17) is 9.57 Å². The number of hydrogen-bond donors (Lipinski definition) is 2. The first-order valence-electron chi connectivity index (χ1n) is 13.4. The molecule has 10 nitrogen and oxygen atoms in total. The van der Waals surface area contributed by atoms with Gasteiger partial charge in [0, 0.05) is 18.9 Å². The molecule has 1 fully saturated rings. The third-order valence-corrected chi connectivity index (χ3v) is 6.53. The zero-order chi connectivity index (χ0) is 28.0. The fourth-order valence-corrected chi connectivity index (χ4v) is 4.49. The van der Waals surface area contributed by atoms with Gasteiger partial charge in [-0.1, -0.05) is 86.8 Å². The minimum Gasteiger partial charge on any atom is -0.480 e. The molecule has 2 aromatic carbocycles. The molecule has 1 heterocycles. The summed E-state index contributed by atoms with van der Waals surface area (Å²) in [7, 11) is 0. The zero-order valence-corrected chi connectivity index (χ0v) is 22.3. The Bertz CT molecular complexity index is 1080. The van der Waals surface area contributed by atoms with Crippen LogP contribution in [0.4, 0.5) is 4.79 Å². The number of carboxylic acid groups (broad SMARTS) is 1. The van der Waals surface area contributed by atoms with Crippen LogP contribution in [0.15, 0.2) is 60.7 Å². The quantitative estimate of drug-likeness (QED) is 0.285. The molecule has 3 rings (SSSR count). The Kier molecular flexibility index (Phi) is 11.8. The van der Waals surface area contributed by atoms with Crippen LogP contribution in [0.5, 0.6) is 0 Å². The van der Waals surface area contributed by atoms with E-state index in [0.29, 0.717) is 19.3 Å². The Morgan fingerprint density at radius 3 is 2.23 bits per heavy atom. The summed E-state index contributed by atoms with van der Waals surface area (Å²) in [6.07, 6.45) is 2.39. The first kappa shape index (κ1) is 29.6. The van der Waals surface area contributed by atoms with Crippen molar-refractivity contribution in [3.63, 3.8) is 0 Å². The highest BCUT2D eigenvalue weighted by molar-refractivity contribution is 5.90. The van der Waals surface area contributed by atoms with Crippen molar-refractivity contribution < 1.29 is 33.9 Å². The predicted octanol–water partition coefficient (Wildman–Crippen LogP) is 4.45. The maximum atomic E-state index is 13.8. The van der Waals surface area contributed by atoms with Gasteiger partial charge in [0.05, 0.1) is 6.61 Å². The third kappa shape index (κ3) is 9.10. The molecular weight excluding hydrogens is 502 g/mol. The molecule has 3 amide bonds. The van der Waals surface area contributed by atoms with Crippen LogP contribution in [0.2, 0.25) is 0 Å². The van der Waals surface area contributed by atoms with E-state index in [-0.39, 0.29) is 32.6 Å². The molecule has 0 radical (unpaired) electrons. The van der Waals surface area contributed by atoms with E-state index in [1.54, 1.807) is 12.1 Å². The van der Waals surface area contributed by atoms with Crippen LogP contribution in [0, 0.1) is 5.92 Å². The number of carbonyl (C=O) groups is 4. The van der Waals surface area contributed by atoms with Gasteiger partial charge in [-0.3, -0.25) is 14.4 Å². The number of rotatable bonds is 13. The number of hydrazine groups is 1. The number of hydroxylamine groups is 1. The Morgan fingerprint density at radius 1 is 0.974 bits per heavy atom. The van der Waals surface area contributed by atoms with Crippen LogP contribution in [-0.4, -0.2) is 51.6 Å². The molecule has 0 spiro atoms. The summed E-state index contributed by atoms with van der Waals surface area (Å²) < 4.78 is 5.43. The summed E-state index contributed by atoms with van der Waals surface area (Å²) in [6, 6.07) is 17.1. The van der Waals surface area contributed by atoms with Gasteiger partial charge < -0.3 is 9.84 Å². The van der Waals surface area contributed by atoms with Crippen molar-refractivity contribution in [3.8, 4) is 0 Å². The number of amides is 3. The van der Waals surface area contributed by atoms with Crippen molar-refractivity contribution in [2.24, 2.45) is 5.92 Å². The number of nitrogens with zero attached hydrogens (tertiary/aromatic N) is 2. The average Bonchev–Trinajstić information content (AvgIpc) is 2.95. The highest BCUT2D eigenvalue weighted by atomic mass is 16.6. The van der Waals surface area contributed by atoms with E-state index in [9.17, 15) is 24.3 Å². The lowest BCUT2D eigenvalue weighted by molar-refractivity contribution is -0.174. The number of carboxylic acids is 1. The number of carbonyl (C=O) groups excluding carboxylic acids is 3. The summed E-state index contributed by atoms with van der Waals surface area (Å²) in [5.74, 6) is -3.14. The maximum absolute atomic E-state index is 13.8. The average molecular weight is 540 g/mol. The van der Waals surface area contributed by atoms with Crippen molar-refractivity contribution in [3.05, 3.63) is 71.8 Å². The molecule has 2 aromatic rings. The highest BCUT2D eigenvalue weighted by Crippen LogP contribution is 2.26. The lowest BCUT2D eigenvalue weighted by Gasteiger charge is -2.42. The van der Waals surface area contributed by atoms with Crippen molar-refractivity contribution in [1.82, 2.24) is 15.5 Å². The number of aliphatic carboxylic acids is 1. The monoisotopic (exact) mass is 539 g/mol. The van der Waals surface area contributed by atoms with Crippen LogP contribution < -0.4 is 5.48 Å². The van der Waals surface area contributed by atoms with Crippen LogP contribution in [0.1, 0.15) is 63.0 Å². The molecule has 1 saturated heterocycles. The van der Waals surface area contributed by atoms with Crippen LogP contribution in [-0.2, 0) is 37.2 Å². The van der Waals surface area contributed by atoms with Gasteiger partial charge in [-0.05, 0) is 30.4 Å². The molecule has 0 aliphatic carbocycles. The number of ether oxygens (including phenoxy) is 1. The van der Waals surface area contributed by atoms with Crippen molar-refractivity contribution in [1.29, 1.82) is 0 Å². The largest absolute Gasteiger partial charge is 0.480 e. The van der Waals surface area contributed by atoms with E-state index in [1.165, 1.54) is 0 Å². The fraction of sp³-hybridized carbons (Fsp3) is 0.448. The Hall–Kier alpha value is -3.92. The normalized spacial score (nSPS) is 15.9. The molecule has 210 valence electrons. The second kappa shape index (κ2) is 15.5. The van der Waals surface area contributed by atoms with E-state index in [0.717, 1.165) is 34.0 Å². The summed E-state index contributed by atoms with van der Waals surface area (Å²) in [5.41, 5.74) is 4.02. The third-order valence-electron chi connectivity index (χ3n) is 6.53. The van der Waals surface area contributed by atoms with Crippen molar-refractivity contribution >= 4 is 23.9 Å². The van der Waals surface area contributed by atoms with Crippen LogP contribution in [0.3, 0.4) is 0 Å². The van der Waals surface area contributed by atoms with Crippen molar-refractivity contribution in [2.75, 3.05) is 6.54 Å². The highest BCUT2D eigenvalue weighted by Gasteiger charge is 2.43. The van der Waals surface area contributed by atoms with E-state index in [2.05, 4.69) is 5.48 Å². The molecule has 1 aliphatic rings. The van der Waals surface area contributed by atoms with Crippen LogP contribution in [0.25, 0.3) is 0 Å². The molecule has 10 heteroatoms.